The summed E-state index contributed by atoms with van der Waals surface area (Å²) in [5.74, 6) is -1.21. The van der Waals surface area contributed by atoms with Crippen molar-refractivity contribution in [3.8, 4) is 0 Å². The van der Waals surface area contributed by atoms with Gasteiger partial charge in [0.05, 0.1) is 20.3 Å². The molecule has 0 bridgehead atoms. The van der Waals surface area contributed by atoms with Crippen molar-refractivity contribution < 1.29 is 19.0 Å². The zero-order valence-corrected chi connectivity index (χ0v) is 10.2. The van der Waals surface area contributed by atoms with Gasteiger partial charge in [-0.3, -0.25) is 4.79 Å². The number of ether oxygens (including phenoxy) is 3. The highest BCUT2D eigenvalue weighted by molar-refractivity contribution is 5.73. The number of carbonyl (C=O) groups is 1. The highest BCUT2D eigenvalue weighted by Crippen LogP contribution is 2.48. The fourth-order valence-electron chi connectivity index (χ4n) is 2.72. The molecule has 1 spiro atoms. The van der Waals surface area contributed by atoms with E-state index in [2.05, 4.69) is 13.8 Å². The molecule has 0 aromatic rings. The summed E-state index contributed by atoms with van der Waals surface area (Å²) in [4.78, 5) is 11.8. The van der Waals surface area contributed by atoms with Crippen molar-refractivity contribution in [3.63, 3.8) is 0 Å². The molecule has 1 saturated heterocycles. The molecule has 0 aromatic carbocycles. The summed E-state index contributed by atoms with van der Waals surface area (Å²) >= 11 is 0. The van der Waals surface area contributed by atoms with Gasteiger partial charge in [-0.15, -0.1) is 0 Å². The zero-order valence-electron chi connectivity index (χ0n) is 10.2. The van der Waals surface area contributed by atoms with Gasteiger partial charge < -0.3 is 14.2 Å². The fourth-order valence-corrected chi connectivity index (χ4v) is 2.72. The Morgan fingerprint density at radius 2 is 1.88 bits per heavy atom. The Bertz CT molecular complexity index is 279. The van der Waals surface area contributed by atoms with Crippen molar-refractivity contribution in [2.24, 2.45) is 11.3 Å². The van der Waals surface area contributed by atoms with E-state index in [-0.39, 0.29) is 17.3 Å². The van der Waals surface area contributed by atoms with Crippen molar-refractivity contribution in [1.82, 2.24) is 0 Å². The molecule has 92 valence electrons. The lowest BCUT2D eigenvalue weighted by Crippen LogP contribution is -2.50. The summed E-state index contributed by atoms with van der Waals surface area (Å²) in [5.41, 5.74) is 0.152. The van der Waals surface area contributed by atoms with Crippen LogP contribution in [-0.4, -0.2) is 32.1 Å². The second-order valence-electron chi connectivity index (χ2n) is 5.45. The third-order valence-corrected chi connectivity index (χ3v) is 3.70. The molecule has 4 heteroatoms. The summed E-state index contributed by atoms with van der Waals surface area (Å²) in [6.45, 7) is 5.50. The van der Waals surface area contributed by atoms with Crippen molar-refractivity contribution in [2.75, 3.05) is 20.3 Å². The lowest BCUT2D eigenvalue weighted by Gasteiger charge is -2.44. The first-order valence-electron chi connectivity index (χ1n) is 5.85. The Morgan fingerprint density at radius 3 is 2.44 bits per heavy atom. The minimum absolute atomic E-state index is 0.152. The van der Waals surface area contributed by atoms with Gasteiger partial charge in [-0.25, -0.2) is 0 Å². The molecule has 0 amide bonds. The number of carbonyl (C=O) groups excluding carboxylic acids is 1. The molecule has 1 atom stereocenters. The van der Waals surface area contributed by atoms with E-state index in [0.717, 1.165) is 19.3 Å². The molecule has 1 unspecified atom stereocenters. The normalized spacial score (nSPS) is 31.6. The second-order valence-corrected chi connectivity index (χ2v) is 5.45. The van der Waals surface area contributed by atoms with Crippen LogP contribution in [0.3, 0.4) is 0 Å². The SMILES string of the molecule is COC(=O)C1CC(C)(C)CCC12OCCO2. The first-order valence-corrected chi connectivity index (χ1v) is 5.85. The average Bonchev–Trinajstić information content (AvgIpc) is 2.71. The summed E-state index contributed by atoms with van der Waals surface area (Å²) in [6.07, 6.45) is 2.56. The van der Waals surface area contributed by atoms with Gasteiger partial charge in [0.1, 0.15) is 5.92 Å². The first-order chi connectivity index (χ1) is 7.49. The standard InChI is InChI=1S/C12H20O4/c1-11(2)4-5-12(15-6-7-16-12)9(8-11)10(13)14-3/h9H,4-8H2,1-3H3. The smallest absolute Gasteiger partial charge is 0.314 e. The molecule has 2 rings (SSSR count). The Balaban J connectivity index is 2.21. The Hall–Kier alpha value is -0.610. The molecular weight excluding hydrogens is 208 g/mol. The molecule has 2 aliphatic rings. The molecule has 1 heterocycles. The van der Waals surface area contributed by atoms with E-state index in [1.54, 1.807) is 0 Å². The van der Waals surface area contributed by atoms with Gasteiger partial charge in [0.2, 0.25) is 0 Å². The third kappa shape index (κ3) is 1.96. The van der Waals surface area contributed by atoms with E-state index in [9.17, 15) is 4.79 Å². The molecule has 2 fully saturated rings. The summed E-state index contributed by atoms with van der Waals surface area (Å²) < 4.78 is 16.2. The van der Waals surface area contributed by atoms with Crippen molar-refractivity contribution in [2.45, 2.75) is 38.9 Å². The number of hydrogen-bond acceptors (Lipinski definition) is 4. The minimum Gasteiger partial charge on any atom is -0.469 e. The fraction of sp³-hybridized carbons (Fsp3) is 0.917. The molecule has 16 heavy (non-hydrogen) atoms. The average molecular weight is 228 g/mol. The molecule has 4 nitrogen and oxygen atoms in total. The second kappa shape index (κ2) is 4.00. The van der Waals surface area contributed by atoms with Crippen LogP contribution >= 0.6 is 0 Å². The molecule has 0 N–H and O–H groups in total. The molecule has 1 saturated carbocycles. The van der Waals surface area contributed by atoms with E-state index in [4.69, 9.17) is 14.2 Å². The van der Waals surface area contributed by atoms with Crippen molar-refractivity contribution >= 4 is 5.97 Å². The predicted octanol–water partition coefficient (Wildman–Crippen LogP) is 1.73. The van der Waals surface area contributed by atoms with Crippen LogP contribution in [0.15, 0.2) is 0 Å². The van der Waals surface area contributed by atoms with E-state index in [1.807, 2.05) is 0 Å². The minimum atomic E-state index is -0.706. The largest absolute Gasteiger partial charge is 0.469 e. The predicted molar refractivity (Wildman–Crippen MR) is 57.8 cm³/mol. The number of methoxy groups -OCH3 is 1. The van der Waals surface area contributed by atoms with E-state index < -0.39 is 5.79 Å². The lowest BCUT2D eigenvalue weighted by molar-refractivity contribution is -0.231. The van der Waals surface area contributed by atoms with Gasteiger partial charge in [0, 0.05) is 6.42 Å². The van der Waals surface area contributed by atoms with Crippen LogP contribution in [0.4, 0.5) is 0 Å². The van der Waals surface area contributed by atoms with Gasteiger partial charge in [-0.2, -0.15) is 0 Å². The van der Waals surface area contributed by atoms with Crippen LogP contribution in [0, 0.1) is 11.3 Å². The van der Waals surface area contributed by atoms with Crippen LogP contribution in [-0.2, 0) is 19.0 Å². The first kappa shape index (κ1) is 11.9. The molecule has 0 aromatic heterocycles. The quantitative estimate of drug-likeness (QED) is 0.641. The summed E-state index contributed by atoms with van der Waals surface area (Å²) in [6, 6.07) is 0. The number of esters is 1. The summed E-state index contributed by atoms with van der Waals surface area (Å²) in [7, 11) is 1.42. The van der Waals surface area contributed by atoms with Gasteiger partial charge in [-0.1, -0.05) is 13.8 Å². The monoisotopic (exact) mass is 228 g/mol. The van der Waals surface area contributed by atoms with E-state index in [1.165, 1.54) is 7.11 Å². The topological polar surface area (TPSA) is 44.8 Å². The number of rotatable bonds is 1. The molecule has 0 radical (unpaired) electrons. The van der Waals surface area contributed by atoms with Gasteiger partial charge in [-0.05, 0) is 18.3 Å². The van der Waals surface area contributed by atoms with Crippen molar-refractivity contribution in [1.29, 1.82) is 0 Å². The Morgan fingerprint density at radius 1 is 1.25 bits per heavy atom. The highest BCUT2D eigenvalue weighted by Gasteiger charge is 2.53. The van der Waals surface area contributed by atoms with Crippen LogP contribution in [0.1, 0.15) is 33.1 Å². The van der Waals surface area contributed by atoms with Crippen LogP contribution < -0.4 is 0 Å². The van der Waals surface area contributed by atoms with Gasteiger partial charge in [0.15, 0.2) is 5.79 Å². The zero-order chi connectivity index (χ0) is 11.8. The molecule has 1 aliphatic heterocycles. The van der Waals surface area contributed by atoms with E-state index in [0.29, 0.717) is 13.2 Å². The van der Waals surface area contributed by atoms with E-state index >= 15 is 0 Å². The van der Waals surface area contributed by atoms with Gasteiger partial charge >= 0.3 is 5.97 Å². The Kier molecular flexibility index (Phi) is 2.97. The van der Waals surface area contributed by atoms with Crippen LogP contribution in [0.2, 0.25) is 0 Å². The maximum Gasteiger partial charge on any atom is 0.314 e. The third-order valence-electron chi connectivity index (χ3n) is 3.70. The molecule has 1 aliphatic carbocycles. The van der Waals surface area contributed by atoms with Crippen molar-refractivity contribution in [3.05, 3.63) is 0 Å². The Labute approximate surface area is 96.2 Å². The summed E-state index contributed by atoms with van der Waals surface area (Å²) in [5, 5.41) is 0. The van der Waals surface area contributed by atoms with Gasteiger partial charge in [0.25, 0.3) is 0 Å². The molecular formula is C12H20O4. The maximum atomic E-state index is 11.8. The van der Waals surface area contributed by atoms with Crippen LogP contribution in [0.25, 0.3) is 0 Å². The van der Waals surface area contributed by atoms with Crippen LogP contribution in [0.5, 0.6) is 0 Å². The maximum absolute atomic E-state index is 11.8. The highest BCUT2D eigenvalue weighted by atomic mass is 16.7. The lowest BCUT2D eigenvalue weighted by atomic mass is 9.69. The number of hydrogen-bond donors (Lipinski definition) is 0.